The number of para-hydroxylation sites is 1. The van der Waals surface area contributed by atoms with Gasteiger partial charge in [0.2, 0.25) is 0 Å². The van der Waals surface area contributed by atoms with Crippen LogP contribution in [0.4, 0.5) is 13.2 Å². The highest BCUT2D eigenvalue weighted by Crippen LogP contribution is 2.43. The Bertz CT molecular complexity index is 1150. The van der Waals surface area contributed by atoms with Crippen LogP contribution >= 0.6 is 0 Å². The Morgan fingerprint density at radius 1 is 1.25 bits per heavy atom. The highest BCUT2D eigenvalue weighted by molar-refractivity contribution is 5.85. The van der Waals surface area contributed by atoms with Crippen molar-refractivity contribution in [2.75, 3.05) is 13.2 Å². The second-order valence-corrected chi connectivity index (χ2v) is 8.89. The number of carbonyl (C=O) groups is 1. The van der Waals surface area contributed by atoms with Crippen LogP contribution in [0.25, 0.3) is 10.9 Å². The van der Waals surface area contributed by atoms with Gasteiger partial charge in [0.25, 0.3) is 0 Å². The van der Waals surface area contributed by atoms with Crippen molar-refractivity contribution in [1.82, 2.24) is 9.88 Å². The maximum atomic E-state index is 15.3. The average Bonchev–Trinajstić information content (AvgIpc) is 3.05. The van der Waals surface area contributed by atoms with Gasteiger partial charge in [-0.15, -0.1) is 0 Å². The van der Waals surface area contributed by atoms with Crippen LogP contribution in [0.5, 0.6) is 5.75 Å². The lowest BCUT2D eigenvalue weighted by Crippen LogP contribution is -2.48. The maximum Gasteiger partial charge on any atom is 0.341 e. The summed E-state index contributed by atoms with van der Waals surface area (Å²) in [6, 6.07) is 8.52. The second-order valence-electron chi connectivity index (χ2n) is 8.89. The lowest BCUT2D eigenvalue weighted by molar-refractivity contribution is -0.139. The molecule has 2 N–H and O–H groups in total. The fraction of sp³-hybridized carbons (Fsp3) is 0.375. The monoisotopic (exact) mass is 446 g/mol. The third-order valence-electron chi connectivity index (χ3n) is 5.76. The molecule has 170 valence electrons. The van der Waals surface area contributed by atoms with Crippen molar-refractivity contribution in [2.24, 2.45) is 0 Å². The van der Waals surface area contributed by atoms with Crippen molar-refractivity contribution < 1.29 is 27.8 Å². The number of carboxylic acids is 1. The molecule has 4 rings (SSSR count). The van der Waals surface area contributed by atoms with Gasteiger partial charge in [-0.2, -0.15) is 0 Å². The first-order chi connectivity index (χ1) is 15.0. The Hall–Kier alpha value is -3.00. The predicted octanol–water partition coefficient (Wildman–Crippen LogP) is 4.99. The lowest BCUT2D eigenvalue weighted by Gasteiger charge is -2.43. The normalized spacial score (nSPS) is 19.2. The molecule has 8 heteroatoms. The summed E-state index contributed by atoms with van der Waals surface area (Å²) in [6.45, 7) is 4.06. The van der Waals surface area contributed by atoms with Crippen LogP contribution in [-0.4, -0.2) is 45.8 Å². The first kappa shape index (κ1) is 22.2. The zero-order valence-electron chi connectivity index (χ0n) is 18.1. The number of aromatic amines is 1. The molecule has 2 atom stereocenters. The highest BCUT2D eigenvalue weighted by atomic mass is 19.1. The van der Waals surface area contributed by atoms with E-state index < -0.39 is 35.9 Å². The van der Waals surface area contributed by atoms with Gasteiger partial charge in [0.05, 0.1) is 6.04 Å². The molecule has 0 unspecified atom stereocenters. The molecule has 0 bridgehead atoms. The molecule has 0 saturated carbocycles. The van der Waals surface area contributed by atoms with Crippen LogP contribution < -0.4 is 4.74 Å². The molecule has 2 heterocycles. The third kappa shape index (κ3) is 4.19. The SMILES string of the molecule is C[C@@H]1Cc2c([nH]c3ccccc23)[C@@H](c2c(F)cc(OCC(=O)O)cc2F)N1CC(C)(C)F. The zero-order valence-corrected chi connectivity index (χ0v) is 18.1. The van der Waals surface area contributed by atoms with Crippen LogP contribution in [0.15, 0.2) is 36.4 Å². The fourth-order valence-electron chi connectivity index (χ4n) is 4.55. The summed E-state index contributed by atoms with van der Waals surface area (Å²) in [4.78, 5) is 15.8. The van der Waals surface area contributed by atoms with E-state index in [1.165, 1.54) is 13.8 Å². The summed E-state index contributed by atoms with van der Waals surface area (Å²) < 4.78 is 50.3. The first-order valence-electron chi connectivity index (χ1n) is 10.4. The number of nitrogens with zero attached hydrogens (tertiary/aromatic N) is 1. The number of carboxylic acid groups (broad SMARTS) is 1. The quantitative estimate of drug-likeness (QED) is 0.560. The molecule has 0 aliphatic carbocycles. The number of nitrogens with one attached hydrogen (secondary N) is 1. The Balaban J connectivity index is 1.88. The highest BCUT2D eigenvalue weighted by Gasteiger charge is 2.41. The van der Waals surface area contributed by atoms with Gasteiger partial charge in [-0.3, -0.25) is 4.90 Å². The smallest absolute Gasteiger partial charge is 0.341 e. The van der Waals surface area contributed by atoms with Crippen molar-refractivity contribution in [1.29, 1.82) is 0 Å². The fourth-order valence-corrected chi connectivity index (χ4v) is 4.55. The molecule has 0 radical (unpaired) electrons. The largest absolute Gasteiger partial charge is 0.482 e. The number of rotatable bonds is 6. The number of hydrogen-bond donors (Lipinski definition) is 2. The van der Waals surface area contributed by atoms with Gasteiger partial charge in [-0.25, -0.2) is 18.0 Å². The molecule has 32 heavy (non-hydrogen) atoms. The average molecular weight is 446 g/mol. The van der Waals surface area contributed by atoms with Crippen molar-refractivity contribution in [3.63, 3.8) is 0 Å². The summed E-state index contributed by atoms with van der Waals surface area (Å²) in [7, 11) is 0. The molecule has 3 aromatic rings. The summed E-state index contributed by atoms with van der Waals surface area (Å²) in [5.41, 5.74) is 0.615. The Morgan fingerprint density at radius 2 is 1.91 bits per heavy atom. The van der Waals surface area contributed by atoms with E-state index in [9.17, 15) is 9.18 Å². The second kappa shape index (κ2) is 8.16. The van der Waals surface area contributed by atoms with E-state index in [-0.39, 0.29) is 23.9 Å². The van der Waals surface area contributed by atoms with Crippen LogP contribution in [0.3, 0.4) is 0 Å². The van der Waals surface area contributed by atoms with Crippen molar-refractivity contribution in [3.05, 3.63) is 64.9 Å². The number of aliphatic carboxylic acids is 1. The maximum absolute atomic E-state index is 15.3. The molecule has 2 aromatic carbocycles. The van der Waals surface area contributed by atoms with E-state index in [1.807, 2.05) is 31.2 Å². The van der Waals surface area contributed by atoms with E-state index in [4.69, 9.17) is 9.84 Å². The summed E-state index contributed by atoms with van der Waals surface area (Å²) in [6.07, 6.45) is 0.606. The van der Waals surface area contributed by atoms with E-state index in [1.54, 1.807) is 4.90 Å². The summed E-state index contributed by atoms with van der Waals surface area (Å²) in [5.74, 6) is -3.23. The molecule has 5 nitrogen and oxygen atoms in total. The first-order valence-corrected chi connectivity index (χ1v) is 10.4. The predicted molar refractivity (Wildman–Crippen MR) is 115 cm³/mol. The minimum absolute atomic E-state index is 0.0240. The van der Waals surface area contributed by atoms with Gasteiger partial charge < -0.3 is 14.8 Å². The van der Waals surface area contributed by atoms with Crippen LogP contribution in [-0.2, 0) is 11.2 Å². The zero-order chi connectivity index (χ0) is 23.2. The molecule has 0 fully saturated rings. The number of hydrogen-bond acceptors (Lipinski definition) is 3. The van der Waals surface area contributed by atoms with Crippen LogP contribution in [0.1, 0.15) is 43.6 Å². The molecular formula is C24H25F3N2O3. The van der Waals surface area contributed by atoms with E-state index in [0.717, 1.165) is 28.6 Å². The van der Waals surface area contributed by atoms with E-state index in [0.29, 0.717) is 12.1 Å². The minimum atomic E-state index is -1.59. The molecule has 1 aromatic heterocycles. The van der Waals surface area contributed by atoms with Crippen LogP contribution in [0.2, 0.25) is 0 Å². The van der Waals surface area contributed by atoms with Gasteiger partial charge in [0, 0.05) is 46.9 Å². The molecule has 1 aliphatic rings. The van der Waals surface area contributed by atoms with Gasteiger partial charge in [0.15, 0.2) is 6.61 Å². The topological polar surface area (TPSA) is 65.6 Å². The number of aromatic nitrogens is 1. The number of H-pyrrole nitrogens is 1. The van der Waals surface area contributed by atoms with Crippen molar-refractivity contribution in [3.8, 4) is 5.75 Å². The lowest BCUT2D eigenvalue weighted by atomic mass is 9.87. The van der Waals surface area contributed by atoms with Crippen molar-refractivity contribution in [2.45, 2.75) is 44.9 Å². The van der Waals surface area contributed by atoms with Gasteiger partial charge in [-0.1, -0.05) is 18.2 Å². The Kier molecular flexibility index (Phi) is 5.67. The van der Waals surface area contributed by atoms with Gasteiger partial charge >= 0.3 is 5.97 Å². The van der Waals surface area contributed by atoms with E-state index >= 15 is 8.78 Å². The number of halogens is 3. The Labute approximate surface area is 183 Å². The Morgan fingerprint density at radius 3 is 2.53 bits per heavy atom. The number of fused-ring (bicyclic) bond motifs is 3. The van der Waals surface area contributed by atoms with E-state index in [2.05, 4.69) is 4.98 Å². The molecule has 0 spiro atoms. The number of benzene rings is 2. The van der Waals surface area contributed by atoms with Crippen LogP contribution in [0, 0.1) is 11.6 Å². The molecule has 0 amide bonds. The molecular weight excluding hydrogens is 421 g/mol. The number of alkyl halides is 1. The van der Waals surface area contributed by atoms with Crippen molar-refractivity contribution >= 4 is 16.9 Å². The third-order valence-corrected chi connectivity index (χ3v) is 5.76. The summed E-state index contributed by atoms with van der Waals surface area (Å²) >= 11 is 0. The number of ether oxygens (including phenoxy) is 1. The molecule has 0 saturated heterocycles. The molecule has 1 aliphatic heterocycles. The summed E-state index contributed by atoms with van der Waals surface area (Å²) in [5, 5.41) is 9.74. The standard InChI is InChI=1S/C24H25F3N2O3/c1-13-8-16-15-6-4-5-7-19(15)28-22(16)23(29(13)12-24(2,3)27)21-17(25)9-14(10-18(21)26)32-11-20(30)31/h4-7,9-10,13,23,28H,8,11-12H2,1-3H3,(H,30,31)/t13-,23-/m1/s1. The van der Waals surface area contributed by atoms with Gasteiger partial charge in [0.1, 0.15) is 23.1 Å². The minimum Gasteiger partial charge on any atom is -0.482 e. The van der Waals surface area contributed by atoms with Gasteiger partial charge in [-0.05, 0) is 38.8 Å².